The maximum absolute atomic E-state index is 13.5. The van der Waals surface area contributed by atoms with E-state index in [1.165, 1.54) is 37.6 Å². The minimum absolute atomic E-state index is 0.0777. The first-order chi connectivity index (χ1) is 17.4. The number of carbonyl (C=O) groups is 1. The lowest BCUT2D eigenvalue weighted by Crippen LogP contribution is -2.41. The van der Waals surface area contributed by atoms with Crippen LogP contribution in [0, 0.1) is 5.41 Å². The molecule has 5 rings (SSSR count). The Morgan fingerprint density at radius 3 is 2.72 bits per heavy atom. The molecule has 1 saturated carbocycles. The first-order valence-electron chi connectivity index (χ1n) is 13.0. The maximum Gasteiger partial charge on any atom is 0.258 e. The van der Waals surface area contributed by atoms with Crippen molar-refractivity contribution in [1.29, 1.82) is 0 Å². The molecule has 1 amide bonds. The average molecular weight is 512 g/mol. The predicted octanol–water partition coefficient (Wildman–Crippen LogP) is 4.38. The summed E-state index contributed by atoms with van der Waals surface area (Å²) in [7, 11) is 0. The molecule has 2 saturated heterocycles. The lowest BCUT2D eigenvalue weighted by atomic mass is 9.93. The van der Waals surface area contributed by atoms with Crippen LogP contribution in [0.1, 0.15) is 49.9 Å². The van der Waals surface area contributed by atoms with Crippen LogP contribution in [0.2, 0.25) is 0 Å². The topological polar surface area (TPSA) is 90.0 Å². The number of hydrogen-bond donors (Lipinski definition) is 3. The number of aromatic nitrogens is 1. The van der Waals surface area contributed by atoms with E-state index in [9.17, 15) is 9.90 Å². The molecule has 9 heteroatoms. The number of nitrogens with one attached hydrogen (secondary N) is 2. The smallest absolute Gasteiger partial charge is 0.258 e. The number of amides is 1. The molecule has 2 aromatic rings. The number of nitrogens with zero attached hydrogens (tertiary/aromatic N) is 3. The molecule has 1 spiro atoms. The minimum Gasteiger partial charge on any atom is -0.395 e. The summed E-state index contributed by atoms with van der Waals surface area (Å²) < 4.78 is 8.99. The van der Waals surface area contributed by atoms with Gasteiger partial charge in [0.1, 0.15) is 11.6 Å². The van der Waals surface area contributed by atoms with E-state index >= 15 is 0 Å². The van der Waals surface area contributed by atoms with Gasteiger partial charge in [-0.3, -0.25) is 4.79 Å². The molecule has 8 nitrogen and oxygen atoms in total. The summed E-state index contributed by atoms with van der Waals surface area (Å²) in [6.07, 6.45) is 5.21. The van der Waals surface area contributed by atoms with E-state index in [0.717, 1.165) is 43.4 Å². The molecule has 3 N–H and O–H groups in total. The van der Waals surface area contributed by atoms with Gasteiger partial charge in [-0.2, -0.15) is 0 Å². The summed E-state index contributed by atoms with van der Waals surface area (Å²) >= 11 is 1.48. The number of piperidine rings is 1. The fraction of sp³-hybridized carbons (Fsp3) is 0.556. The molecular formula is C27H37N5O3S. The number of pyridine rings is 1. The summed E-state index contributed by atoms with van der Waals surface area (Å²) in [5, 5.41) is 12.5. The van der Waals surface area contributed by atoms with E-state index in [4.69, 9.17) is 9.72 Å². The van der Waals surface area contributed by atoms with Crippen molar-refractivity contribution < 1.29 is 14.6 Å². The third kappa shape index (κ3) is 5.90. The van der Waals surface area contributed by atoms with E-state index in [0.29, 0.717) is 23.4 Å². The number of rotatable bonds is 8. The van der Waals surface area contributed by atoms with Gasteiger partial charge in [-0.15, -0.1) is 0 Å². The summed E-state index contributed by atoms with van der Waals surface area (Å²) in [5.74, 6) is 1.25. The zero-order valence-electron chi connectivity index (χ0n) is 21.2. The molecule has 2 aliphatic heterocycles. The van der Waals surface area contributed by atoms with Crippen LogP contribution >= 0.6 is 11.9 Å². The molecular weight excluding hydrogens is 474 g/mol. The molecule has 3 fully saturated rings. The highest BCUT2D eigenvalue weighted by atomic mass is 32.2. The van der Waals surface area contributed by atoms with Crippen LogP contribution < -0.4 is 19.8 Å². The van der Waals surface area contributed by atoms with Crippen LogP contribution in [-0.4, -0.2) is 66.7 Å². The first-order valence-corrected chi connectivity index (χ1v) is 13.9. The second-order valence-electron chi connectivity index (χ2n) is 10.4. The molecule has 3 aliphatic rings. The number of carbonyl (C=O) groups excluding carboxylic acids is 1. The van der Waals surface area contributed by atoms with Crippen LogP contribution in [0.25, 0.3) is 0 Å². The highest BCUT2D eigenvalue weighted by Gasteiger charge is 2.44. The Bertz CT molecular complexity index is 1070. The maximum atomic E-state index is 13.5. The van der Waals surface area contributed by atoms with E-state index < -0.39 is 0 Å². The van der Waals surface area contributed by atoms with Crippen molar-refractivity contribution in [3.63, 3.8) is 0 Å². The van der Waals surface area contributed by atoms with Crippen LogP contribution in [0.5, 0.6) is 0 Å². The highest BCUT2D eigenvalue weighted by Crippen LogP contribution is 2.54. The predicted molar refractivity (Wildman–Crippen MR) is 147 cm³/mol. The molecule has 1 aromatic carbocycles. The Hall–Kier alpha value is -2.49. The SMILES string of the molecule is C[C@H]1CN(c2cccc(NC(=O)c3ccc(NS[C@@H](C)CO)cc3N3CCC4(CC3)CC4)n2)CCO1. The molecule has 3 heterocycles. The monoisotopic (exact) mass is 511 g/mol. The van der Waals surface area contributed by atoms with E-state index in [1.807, 2.05) is 37.3 Å². The number of aliphatic hydroxyl groups is 1. The third-order valence-corrected chi connectivity index (χ3v) is 8.45. The molecule has 194 valence electrons. The van der Waals surface area contributed by atoms with Gasteiger partial charge in [-0.25, -0.2) is 4.98 Å². The zero-order valence-corrected chi connectivity index (χ0v) is 22.0. The fourth-order valence-corrected chi connectivity index (χ4v) is 5.57. The second-order valence-corrected chi connectivity index (χ2v) is 11.6. The zero-order chi connectivity index (χ0) is 25.1. The standard InChI is InChI=1S/C27H37N5O3S/c1-19-17-32(14-15-35-19)25-5-3-4-24(28-25)29-26(34)22-7-6-21(30-36-20(2)18-33)16-23(22)31-12-10-27(8-9-27)11-13-31/h3-7,16,19-20,30,33H,8-15,17-18H2,1-2H3,(H,28,29,34)/t19-,20-/m0/s1. The van der Waals surface area contributed by atoms with Gasteiger partial charge in [-0.05, 0) is 87.2 Å². The first kappa shape index (κ1) is 25.2. The fourth-order valence-electron chi connectivity index (χ4n) is 5.03. The van der Waals surface area contributed by atoms with Crippen molar-refractivity contribution in [3.8, 4) is 0 Å². The summed E-state index contributed by atoms with van der Waals surface area (Å²) in [6, 6.07) is 11.6. The van der Waals surface area contributed by atoms with Crippen molar-refractivity contribution in [2.75, 3.05) is 59.2 Å². The lowest BCUT2D eigenvalue weighted by Gasteiger charge is -2.35. The number of aliphatic hydroxyl groups excluding tert-OH is 1. The molecule has 36 heavy (non-hydrogen) atoms. The molecule has 2 atom stereocenters. The molecule has 0 radical (unpaired) electrons. The van der Waals surface area contributed by atoms with Crippen molar-refractivity contribution in [1.82, 2.24) is 4.98 Å². The summed E-state index contributed by atoms with van der Waals surface area (Å²) in [6.45, 7) is 8.32. The minimum atomic E-state index is -0.153. The average Bonchev–Trinajstić information content (AvgIpc) is 3.66. The van der Waals surface area contributed by atoms with Gasteiger partial charge in [-0.1, -0.05) is 6.07 Å². The quantitative estimate of drug-likeness (QED) is 0.450. The molecule has 1 aliphatic carbocycles. The number of hydrogen-bond acceptors (Lipinski definition) is 8. The molecule has 0 unspecified atom stereocenters. The number of benzene rings is 1. The van der Waals surface area contributed by atoms with Crippen molar-refractivity contribution in [3.05, 3.63) is 42.0 Å². The molecule has 0 bridgehead atoms. The van der Waals surface area contributed by atoms with Crippen molar-refractivity contribution in [2.45, 2.75) is 50.9 Å². The summed E-state index contributed by atoms with van der Waals surface area (Å²) in [4.78, 5) is 22.8. The van der Waals surface area contributed by atoms with Gasteiger partial charge in [0.2, 0.25) is 0 Å². The number of anilines is 4. The highest BCUT2D eigenvalue weighted by molar-refractivity contribution is 8.01. The Morgan fingerprint density at radius 2 is 2.00 bits per heavy atom. The third-order valence-electron chi connectivity index (χ3n) is 7.54. The van der Waals surface area contributed by atoms with E-state index in [-0.39, 0.29) is 23.9 Å². The van der Waals surface area contributed by atoms with Crippen molar-refractivity contribution >= 4 is 40.9 Å². The van der Waals surface area contributed by atoms with Gasteiger partial charge in [0, 0.05) is 37.1 Å². The van der Waals surface area contributed by atoms with E-state index in [2.05, 4.69) is 32.8 Å². The normalized spacial score (nSPS) is 21.8. The molecule has 1 aromatic heterocycles. The summed E-state index contributed by atoms with van der Waals surface area (Å²) in [5.41, 5.74) is 3.09. The Labute approximate surface area is 217 Å². The largest absolute Gasteiger partial charge is 0.395 e. The van der Waals surface area contributed by atoms with Crippen LogP contribution in [0.3, 0.4) is 0 Å². The van der Waals surface area contributed by atoms with Gasteiger partial charge in [0.15, 0.2) is 0 Å². The Morgan fingerprint density at radius 1 is 1.19 bits per heavy atom. The Kier molecular flexibility index (Phi) is 7.60. The van der Waals surface area contributed by atoms with Crippen LogP contribution in [0.4, 0.5) is 23.0 Å². The van der Waals surface area contributed by atoms with Gasteiger partial charge in [0.05, 0.1) is 30.6 Å². The number of morpholine rings is 1. The van der Waals surface area contributed by atoms with Gasteiger partial charge in [0.25, 0.3) is 5.91 Å². The lowest BCUT2D eigenvalue weighted by molar-refractivity contribution is 0.0529. The Balaban J connectivity index is 1.34. The van der Waals surface area contributed by atoms with Crippen LogP contribution in [0.15, 0.2) is 36.4 Å². The van der Waals surface area contributed by atoms with Crippen molar-refractivity contribution in [2.24, 2.45) is 5.41 Å². The van der Waals surface area contributed by atoms with E-state index in [1.54, 1.807) is 0 Å². The number of ether oxygens (including phenoxy) is 1. The van der Waals surface area contributed by atoms with Gasteiger partial charge < -0.3 is 29.7 Å². The van der Waals surface area contributed by atoms with Gasteiger partial charge >= 0.3 is 0 Å². The van der Waals surface area contributed by atoms with Crippen LogP contribution in [-0.2, 0) is 4.74 Å². The second kappa shape index (κ2) is 10.9.